The van der Waals surface area contributed by atoms with Gasteiger partial charge in [-0.25, -0.2) is 4.57 Å². The van der Waals surface area contributed by atoms with Gasteiger partial charge in [0.2, 0.25) is 5.91 Å². The molecule has 318 valence electrons. The highest BCUT2D eigenvalue weighted by Gasteiger charge is 2.51. The highest BCUT2D eigenvalue weighted by atomic mass is 31.2. The van der Waals surface area contributed by atoms with Crippen molar-refractivity contribution in [1.29, 1.82) is 0 Å². The molecular weight excluding hydrogens is 729 g/mol. The van der Waals surface area contributed by atoms with Crippen LogP contribution in [0, 0.1) is 0 Å². The molecule has 0 aromatic rings. The van der Waals surface area contributed by atoms with Crippen molar-refractivity contribution in [2.45, 2.75) is 184 Å². The Balaban J connectivity index is 2.68. The van der Waals surface area contributed by atoms with Crippen molar-refractivity contribution in [3.63, 3.8) is 0 Å². The molecule has 0 bridgehead atoms. The Bertz CT molecular complexity index is 1180. The molecule has 0 aromatic carbocycles. The van der Waals surface area contributed by atoms with E-state index in [-0.39, 0.29) is 6.42 Å². The summed E-state index contributed by atoms with van der Waals surface area (Å²) in [6, 6.07) is -1.27. The van der Waals surface area contributed by atoms with E-state index < -0.39 is 75.2 Å². The number of carbonyl (C=O) groups excluding carboxylic acids is 1. The Labute approximate surface area is 329 Å². The van der Waals surface area contributed by atoms with Gasteiger partial charge in [-0.15, -0.1) is 0 Å². The Hall–Kier alpha value is -2.00. The molecule has 1 rings (SSSR count). The van der Waals surface area contributed by atoms with E-state index in [0.29, 0.717) is 19.3 Å². The second-order valence-electron chi connectivity index (χ2n) is 14.3. The lowest BCUT2D eigenvalue weighted by molar-refractivity contribution is -0.220. The van der Waals surface area contributed by atoms with Gasteiger partial charge in [-0.2, -0.15) is 0 Å². The minimum Gasteiger partial charge on any atom is -0.393 e. The highest BCUT2D eigenvalue weighted by Crippen LogP contribution is 2.47. The van der Waals surface area contributed by atoms with E-state index in [2.05, 4.69) is 61.7 Å². The van der Waals surface area contributed by atoms with Crippen LogP contribution < -0.4 is 5.32 Å². The average Bonchev–Trinajstić information content (AvgIpc) is 3.15. The molecule has 0 aromatic heterocycles. The first-order chi connectivity index (χ1) is 26.3. The van der Waals surface area contributed by atoms with Gasteiger partial charge in [0.05, 0.1) is 31.3 Å². The number of rotatable bonds is 31. The molecule has 0 aliphatic heterocycles. The maximum Gasteiger partial charge on any atom is 0.472 e. The Morgan fingerprint density at radius 3 is 1.73 bits per heavy atom. The SMILES string of the molecule is CCCC/C=C/CC/C=C/CC/C=C/C(O)C(COP(=O)(O)OC1C(O)C(O)C(O)C(O)C1O)NC(=O)CC(O)CCCCCC/C=C\C=C/CCCCC. The van der Waals surface area contributed by atoms with Crippen molar-refractivity contribution in [3.8, 4) is 0 Å². The van der Waals surface area contributed by atoms with Crippen LogP contribution in [-0.4, -0.2) is 108 Å². The van der Waals surface area contributed by atoms with Gasteiger partial charge in [0.25, 0.3) is 0 Å². The fourth-order valence-electron chi connectivity index (χ4n) is 5.89. The molecule has 0 radical (unpaired) electrons. The van der Waals surface area contributed by atoms with Gasteiger partial charge >= 0.3 is 7.82 Å². The summed E-state index contributed by atoms with van der Waals surface area (Å²) >= 11 is 0. The molecule has 8 unspecified atom stereocenters. The van der Waals surface area contributed by atoms with Crippen LogP contribution in [0.3, 0.4) is 0 Å². The molecule has 14 heteroatoms. The number of amides is 1. The fourth-order valence-corrected chi connectivity index (χ4v) is 6.86. The Kier molecular flexibility index (Phi) is 28.8. The summed E-state index contributed by atoms with van der Waals surface area (Å²) in [4.78, 5) is 23.3. The minimum atomic E-state index is -5.15. The first-order valence-corrected chi connectivity index (χ1v) is 21.8. The lowest BCUT2D eigenvalue weighted by Crippen LogP contribution is -2.64. The maximum atomic E-state index is 12.9. The topological polar surface area (TPSA) is 226 Å². The molecule has 0 spiro atoms. The predicted molar refractivity (Wildman–Crippen MR) is 215 cm³/mol. The number of phosphoric acid groups is 1. The molecule has 1 aliphatic rings. The van der Waals surface area contributed by atoms with Crippen LogP contribution in [0.15, 0.2) is 60.8 Å². The molecule has 1 saturated carbocycles. The summed E-state index contributed by atoms with van der Waals surface area (Å²) < 4.78 is 22.7. The van der Waals surface area contributed by atoms with Crippen molar-refractivity contribution in [3.05, 3.63) is 60.8 Å². The van der Waals surface area contributed by atoms with Crippen LogP contribution in [0.4, 0.5) is 0 Å². The number of aliphatic hydroxyl groups excluding tert-OH is 7. The summed E-state index contributed by atoms with van der Waals surface area (Å²) in [5.74, 6) is -0.625. The molecule has 13 nitrogen and oxygen atoms in total. The van der Waals surface area contributed by atoms with Crippen molar-refractivity contribution in [1.82, 2.24) is 5.32 Å². The molecule has 1 fully saturated rings. The summed E-state index contributed by atoms with van der Waals surface area (Å²) in [5.41, 5.74) is 0. The van der Waals surface area contributed by atoms with Gasteiger partial charge in [-0.05, 0) is 64.2 Å². The minimum absolute atomic E-state index is 0.273. The number of allylic oxidation sites excluding steroid dienone is 9. The third-order valence-corrected chi connectivity index (χ3v) is 10.3. The van der Waals surface area contributed by atoms with E-state index in [1.807, 2.05) is 6.08 Å². The van der Waals surface area contributed by atoms with Crippen molar-refractivity contribution >= 4 is 13.7 Å². The molecule has 9 N–H and O–H groups in total. The third kappa shape index (κ3) is 23.7. The van der Waals surface area contributed by atoms with Crippen molar-refractivity contribution < 1.29 is 59.0 Å². The van der Waals surface area contributed by atoms with Gasteiger partial charge in [-0.3, -0.25) is 13.8 Å². The van der Waals surface area contributed by atoms with E-state index in [4.69, 9.17) is 9.05 Å². The molecule has 0 heterocycles. The zero-order chi connectivity index (χ0) is 40.9. The Morgan fingerprint density at radius 1 is 0.655 bits per heavy atom. The molecule has 1 amide bonds. The summed E-state index contributed by atoms with van der Waals surface area (Å²) in [6.45, 7) is 3.59. The smallest absolute Gasteiger partial charge is 0.393 e. The van der Waals surface area contributed by atoms with Crippen LogP contribution >= 0.6 is 7.82 Å². The van der Waals surface area contributed by atoms with E-state index in [0.717, 1.165) is 57.8 Å². The van der Waals surface area contributed by atoms with E-state index in [1.54, 1.807) is 6.08 Å². The van der Waals surface area contributed by atoms with Gasteiger partial charge in [0.1, 0.15) is 36.6 Å². The van der Waals surface area contributed by atoms with Gasteiger partial charge in [-0.1, -0.05) is 120 Å². The second kappa shape index (κ2) is 31.0. The highest BCUT2D eigenvalue weighted by molar-refractivity contribution is 7.47. The van der Waals surface area contributed by atoms with Crippen LogP contribution in [0.2, 0.25) is 0 Å². The van der Waals surface area contributed by atoms with Crippen LogP contribution in [0.25, 0.3) is 0 Å². The largest absolute Gasteiger partial charge is 0.472 e. The molecule has 1 aliphatic carbocycles. The molecule has 55 heavy (non-hydrogen) atoms. The lowest BCUT2D eigenvalue weighted by Gasteiger charge is -2.41. The second-order valence-corrected chi connectivity index (χ2v) is 15.7. The number of hydrogen-bond acceptors (Lipinski definition) is 11. The zero-order valence-corrected chi connectivity index (χ0v) is 34.0. The van der Waals surface area contributed by atoms with Crippen LogP contribution in [-0.2, 0) is 18.4 Å². The normalized spacial score (nSPS) is 25.1. The van der Waals surface area contributed by atoms with Gasteiger partial charge in [0, 0.05) is 0 Å². The molecular formula is C41H72NO12P. The quantitative estimate of drug-likeness (QED) is 0.0187. The maximum absolute atomic E-state index is 12.9. The van der Waals surface area contributed by atoms with Crippen LogP contribution in [0.1, 0.15) is 129 Å². The standard InChI is InChI=1S/C41H72NO12P/c1-3-5-7-9-11-13-15-17-18-20-22-24-26-28-32(43)30-35(45)42-33(34(44)29-27-25-23-21-19-16-14-12-10-8-6-4-2)31-53-55(51,52)54-41-39(49)37(47)36(46)38(48)40(41)50/h10-13,15,17,19,21,27,29,32-34,36-41,43-44,46-50H,3-9,14,16,18,20,22-26,28,30-31H2,1-2H3,(H,42,45)(H,51,52)/b12-10+,13-11-,17-15-,21-19+,29-27+. The number of unbranched alkanes of at least 4 members (excludes halogenated alkanes) is 11. The monoisotopic (exact) mass is 801 g/mol. The average molecular weight is 802 g/mol. The third-order valence-electron chi connectivity index (χ3n) is 9.33. The number of carbonyl (C=O) groups is 1. The number of phosphoric ester groups is 1. The first-order valence-electron chi connectivity index (χ1n) is 20.3. The Morgan fingerprint density at radius 2 is 1.15 bits per heavy atom. The van der Waals surface area contributed by atoms with Crippen molar-refractivity contribution in [2.24, 2.45) is 0 Å². The van der Waals surface area contributed by atoms with E-state index >= 15 is 0 Å². The number of nitrogens with one attached hydrogen (secondary N) is 1. The van der Waals surface area contributed by atoms with Gasteiger partial charge < -0.3 is 46.0 Å². The number of aliphatic hydroxyl groups is 7. The zero-order valence-electron chi connectivity index (χ0n) is 33.1. The summed E-state index contributed by atoms with van der Waals surface area (Å²) in [6.07, 6.45) is 21.9. The van der Waals surface area contributed by atoms with Crippen molar-refractivity contribution in [2.75, 3.05) is 6.61 Å². The number of hydrogen-bond donors (Lipinski definition) is 9. The fraction of sp³-hybridized carbons (Fsp3) is 0.732. The first kappa shape index (κ1) is 51.0. The molecule has 0 saturated heterocycles. The summed E-state index contributed by atoms with van der Waals surface area (Å²) in [5, 5.41) is 74.1. The predicted octanol–water partition coefficient (Wildman–Crippen LogP) is 5.36. The summed E-state index contributed by atoms with van der Waals surface area (Å²) in [7, 11) is -5.15. The molecule has 8 atom stereocenters. The van der Waals surface area contributed by atoms with E-state index in [9.17, 15) is 50.0 Å². The van der Waals surface area contributed by atoms with Crippen LogP contribution in [0.5, 0.6) is 0 Å². The van der Waals surface area contributed by atoms with E-state index in [1.165, 1.54) is 38.2 Å². The van der Waals surface area contributed by atoms with Gasteiger partial charge in [0.15, 0.2) is 0 Å². The lowest BCUT2D eigenvalue weighted by atomic mass is 9.85.